The van der Waals surface area contributed by atoms with Gasteiger partial charge in [0.25, 0.3) is 11.5 Å². The molecule has 27 heavy (non-hydrogen) atoms. The number of hydrogen-bond acceptors (Lipinski definition) is 3. The average molecular weight is 359 g/mol. The van der Waals surface area contributed by atoms with E-state index >= 15 is 0 Å². The summed E-state index contributed by atoms with van der Waals surface area (Å²) in [6.45, 7) is 3.02. The Labute approximate surface area is 157 Å². The number of carbonyl (C=O) groups is 1. The molecule has 2 aromatic carbocycles. The Kier molecular flexibility index (Phi) is 4.59. The van der Waals surface area contributed by atoms with Gasteiger partial charge in [-0.05, 0) is 43.0 Å². The van der Waals surface area contributed by atoms with E-state index in [-0.39, 0.29) is 11.5 Å². The zero-order valence-corrected chi connectivity index (χ0v) is 15.3. The average Bonchev–Trinajstić information content (AvgIpc) is 2.70. The van der Waals surface area contributed by atoms with Crippen LogP contribution >= 0.6 is 0 Å². The normalized spacial score (nSPS) is 13.3. The summed E-state index contributed by atoms with van der Waals surface area (Å²) in [4.78, 5) is 27.1. The van der Waals surface area contributed by atoms with Crippen LogP contribution in [0, 0.1) is 6.92 Å². The number of aromatic nitrogens is 2. The number of para-hydroxylation sites is 1. The highest BCUT2D eigenvalue weighted by Crippen LogP contribution is 2.27. The van der Waals surface area contributed by atoms with Gasteiger partial charge in [-0.15, -0.1) is 0 Å². The number of fused-ring (bicyclic) bond motifs is 1. The first-order valence-corrected chi connectivity index (χ1v) is 9.15. The van der Waals surface area contributed by atoms with Gasteiger partial charge in [-0.2, -0.15) is 5.10 Å². The summed E-state index contributed by atoms with van der Waals surface area (Å²) in [5.41, 5.74) is 4.32. The van der Waals surface area contributed by atoms with Crippen LogP contribution in [0.15, 0.2) is 65.5 Å². The smallest absolute Gasteiger partial charge is 0.278 e. The Hall–Kier alpha value is -3.21. The number of benzene rings is 2. The monoisotopic (exact) mass is 359 g/mol. The number of aryl methyl sites for hydroxylation is 2. The minimum Gasteiger partial charge on any atom is -0.307 e. The maximum absolute atomic E-state index is 13.1. The molecule has 1 aliphatic heterocycles. The van der Waals surface area contributed by atoms with Crippen LogP contribution in [-0.2, 0) is 13.0 Å². The topological polar surface area (TPSA) is 55.2 Å². The van der Waals surface area contributed by atoms with Crippen molar-refractivity contribution >= 4 is 11.6 Å². The van der Waals surface area contributed by atoms with Gasteiger partial charge in [0.1, 0.15) is 5.69 Å². The molecule has 5 heteroatoms. The molecule has 2 heterocycles. The van der Waals surface area contributed by atoms with Gasteiger partial charge in [0, 0.05) is 18.3 Å². The van der Waals surface area contributed by atoms with Crippen LogP contribution in [-0.4, -0.2) is 22.2 Å². The minimum atomic E-state index is -0.217. The molecule has 3 aromatic rings. The summed E-state index contributed by atoms with van der Waals surface area (Å²) in [5, 5.41) is 4.35. The third-order valence-electron chi connectivity index (χ3n) is 4.89. The fourth-order valence-corrected chi connectivity index (χ4v) is 3.43. The molecular formula is C22H21N3O2. The van der Waals surface area contributed by atoms with E-state index in [9.17, 15) is 9.59 Å². The van der Waals surface area contributed by atoms with Crippen molar-refractivity contribution in [1.29, 1.82) is 0 Å². The van der Waals surface area contributed by atoms with Gasteiger partial charge in [-0.3, -0.25) is 9.59 Å². The molecule has 136 valence electrons. The van der Waals surface area contributed by atoms with E-state index in [1.807, 2.05) is 49.4 Å². The van der Waals surface area contributed by atoms with E-state index in [0.717, 1.165) is 29.7 Å². The Bertz CT molecular complexity index is 1040. The molecule has 0 bridgehead atoms. The standard InChI is InChI=1S/C22H21N3O2/c1-16-8-10-17(11-9-16)15-25-21(26)13-12-19(23-25)22(27)24-14-4-6-18-5-2-3-7-20(18)24/h2-3,5,7-13H,4,6,14-15H2,1H3. The molecule has 0 spiro atoms. The van der Waals surface area contributed by atoms with Gasteiger partial charge in [0.15, 0.2) is 0 Å². The summed E-state index contributed by atoms with van der Waals surface area (Å²) in [5.74, 6) is -0.167. The van der Waals surface area contributed by atoms with Gasteiger partial charge in [-0.25, -0.2) is 4.68 Å². The van der Waals surface area contributed by atoms with E-state index in [1.165, 1.54) is 22.4 Å². The van der Waals surface area contributed by atoms with Gasteiger partial charge >= 0.3 is 0 Å². The predicted molar refractivity (Wildman–Crippen MR) is 105 cm³/mol. The maximum atomic E-state index is 13.1. The van der Waals surface area contributed by atoms with Crippen LogP contribution in [0.25, 0.3) is 0 Å². The van der Waals surface area contributed by atoms with Crippen molar-refractivity contribution in [3.63, 3.8) is 0 Å². The molecule has 5 nitrogen and oxygen atoms in total. The molecule has 1 aliphatic rings. The van der Waals surface area contributed by atoms with Crippen molar-refractivity contribution < 1.29 is 4.79 Å². The molecule has 0 fully saturated rings. The number of amides is 1. The van der Waals surface area contributed by atoms with E-state index in [2.05, 4.69) is 11.2 Å². The van der Waals surface area contributed by atoms with Crippen molar-refractivity contribution in [2.75, 3.05) is 11.4 Å². The van der Waals surface area contributed by atoms with Crippen molar-refractivity contribution in [2.45, 2.75) is 26.3 Å². The Balaban J connectivity index is 1.64. The van der Waals surface area contributed by atoms with Crippen LogP contribution in [0.3, 0.4) is 0 Å². The number of carbonyl (C=O) groups excluding carboxylic acids is 1. The second-order valence-electron chi connectivity index (χ2n) is 6.89. The Morgan fingerprint density at radius 2 is 1.81 bits per heavy atom. The molecule has 0 saturated heterocycles. The van der Waals surface area contributed by atoms with Crippen molar-refractivity contribution in [2.24, 2.45) is 0 Å². The lowest BCUT2D eigenvalue weighted by Crippen LogP contribution is -2.37. The SMILES string of the molecule is Cc1ccc(Cn2nc(C(=O)N3CCCc4ccccc43)ccc2=O)cc1. The van der Waals surface area contributed by atoms with E-state index < -0.39 is 0 Å². The number of nitrogens with zero attached hydrogens (tertiary/aromatic N) is 3. The zero-order chi connectivity index (χ0) is 18.8. The molecule has 1 amide bonds. The molecule has 0 atom stereocenters. The summed E-state index contributed by atoms with van der Waals surface area (Å²) < 4.78 is 1.35. The quantitative estimate of drug-likeness (QED) is 0.722. The highest BCUT2D eigenvalue weighted by molar-refractivity contribution is 6.05. The first-order chi connectivity index (χ1) is 13.1. The molecule has 0 aliphatic carbocycles. The minimum absolute atomic E-state index is 0.167. The molecule has 0 saturated carbocycles. The van der Waals surface area contributed by atoms with Crippen LogP contribution in [0.2, 0.25) is 0 Å². The van der Waals surface area contributed by atoms with Crippen molar-refractivity contribution in [1.82, 2.24) is 9.78 Å². The summed E-state index contributed by atoms with van der Waals surface area (Å²) >= 11 is 0. The molecule has 0 unspecified atom stereocenters. The second kappa shape index (κ2) is 7.19. The number of anilines is 1. The van der Waals surface area contributed by atoms with E-state index in [1.54, 1.807) is 4.90 Å². The highest BCUT2D eigenvalue weighted by atomic mass is 16.2. The van der Waals surface area contributed by atoms with Gasteiger partial charge in [-0.1, -0.05) is 48.0 Å². The van der Waals surface area contributed by atoms with Crippen LogP contribution in [0.5, 0.6) is 0 Å². The van der Waals surface area contributed by atoms with E-state index in [0.29, 0.717) is 18.8 Å². The molecular weight excluding hydrogens is 338 g/mol. The lowest BCUT2D eigenvalue weighted by molar-refractivity contribution is 0.0978. The first kappa shape index (κ1) is 17.2. The van der Waals surface area contributed by atoms with Crippen molar-refractivity contribution in [3.05, 3.63) is 93.4 Å². The Morgan fingerprint density at radius 1 is 1.04 bits per heavy atom. The maximum Gasteiger partial charge on any atom is 0.278 e. The van der Waals surface area contributed by atoms with Crippen LogP contribution in [0.1, 0.15) is 33.6 Å². The van der Waals surface area contributed by atoms with Gasteiger partial charge < -0.3 is 4.90 Å². The third-order valence-corrected chi connectivity index (χ3v) is 4.89. The molecule has 1 aromatic heterocycles. The third kappa shape index (κ3) is 3.53. The second-order valence-corrected chi connectivity index (χ2v) is 6.89. The zero-order valence-electron chi connectivity index (χ0n) is 15.3. The van der Waals surface area contributed by atoms with Gasteiger partial charge in [0.05, 0.1) is 6.54 Å². The van der Waals surface area contributed by atoms with Crippen LogP contribution < -0.4 is 10.5 Å². The number of hydrogen-bond donors (Lipinski definition) is 0. The predicted octanol–water partition coefficient (Wildman–Crippen LogP) is 3.19. The summed E-state index contributed by atoms with van der Waals surface area (Å²) in [6, 6.07) is 18.8. The van der Waals surface area contributed by atoms with E-state index in [4.69, 9.17) is 0 Å². The number of rotatable bonds is 3. The summed E-state index contributed by atoms with van der Waals surface area (Å²) in [6.07, 6.45) is 1.89. The summed E-state index contributed by atoms with van der Waals surface area (Å²) in [7, 11) is 0. The van der Waals surface area contributed by atoms with Crippen molar-refractivity contribution in [3.8, 4) is 0 Å². The fourth-order valence-electron chi connectivity index (χ4n) is 3.43. The molecule has 4 rings (SSSR count). The van der Waals surface area contributed by atoms with Crippen LogP contribution in [0.4, 0.5) is 5.69 Å². The first-order valence-electron chi connectivity index (χ1n) is 9.15. The Morgan fingerprint density at radius 3 is 2.63 bits per heavy atom. The lowest BCUT2D eigenvalue weighted by Gasteiger charge is -2.29. The molecule has 0 N–H and O–H groups in total. The molecule has 0 radical (unpaired) electrons. The lowest BCUT2D eigenvalue weighted by atomic mass is 10.0. The largest absolute Gasteiger partial charge is 0.307 e. The highest BCUT2D eigenvalue weighted by Gasteiger charge is 2.24. The van der Waals surface area contributed by atoms with Gasteiger partial charge in [0.2, 0.25) is 0 Å². The fraction of sp³-hybridized carbons (Fsp3) is 0.227.